The topological polar surface area (TPSA) is 32.3 Å². The molecule has 0 bridgehead atoms. The third-order valence-corrected chi connectivity index (χ3v) is 3.73. The molecule has 1 saturated heterocycles. The van der Waals surface area contributed by atoms with E-state index in [1.165, 1.54) is 5.56 Å². The molecule has 3 nitrogen and oxygen atoms in total. The number of carbonyl (C=O) groups excluding carboxylic acids is 1. The first kappa shape index (κ1) is 13.1. The number of nitrogens with zero attached hydrogens (tertiary/aromatic N) is 1. The fourth-order valence-corrected chi connectivity index (χ4v) is 2.35. The highest BCUT2D eigenvalue weighted by Crippen LogP contribution is 2.17. The standard InChI is InChI=1S/C15H22N2O/c1-11(2)12-4-6-13(7-5-12)15(18)17(3)14-8-9-16-10-14/h4-7,11,14,16H,8-10H2,1-3H3. The van der Waals surface area contributed by atoms with Crippen LogP contribution in [-0.4, -0.2) is 37.0 Å². The van der Waals surface area contributed by atoms with E-state index in [4.69, 9.17) is 0 Å². The molecule has 3 heteroatoms. The Kier molecular flexibility index (Phi) is 4.02. The zero-order valence-corrected chi connectivity index (χ0v) is 11.4. The van der Waals surface area contributed by atoms with Crippen LogP contribution in [0.4, 0.5) is 0 Å². The Morgan fingerprint density at radius 2 is 2.00 bits per heavy atom. The smallest absolute Gasteiger partial charge is 0.253 e. The zero-order valence-electron chi connectivity index (χ0n) is 11.4. The molecule has 1 amide bonds. The normalized spacial score (nSPS) is 19.2. The van der Waals surface area contributed by atoms with Gasteiger partial charge < -0.3 is 10.2 Å². The van der Waals surface area contributed by atoms with E-state index in [0.29, 0.717) is 12.0 Å². The molecule has 1 aliphatic rings. The maximum atomic E-state index is 12.3. The van der Waals surface area contributed by atoms with Gasteiger partial charge in [0, 0.05) is 25.2 Å². The SMILES string of the molecule is CC(C)c1ccc(C(=O)N(C)C2CCNC2)cc1. The Balaban J connectivity index is 2.08. The minimum Gasteiger partial charge on any atom is -0.337 e. The zero-order chi connectivity index (χ0) is 13.1. The van der Waals surface area contributed by atoms with Gasteiger partial charge in [0.25, 0.3) is 5.91 Å². The van der Waals surface area contributed by atoms with Crippen LogP contribution >= 0.6 is 0 Å². The van der Waals surface area contributed by atoms with Crippen molar-refractivity contribution in [2.45, 2.75) is 32.2 Å². The van der Waals surface area contributed by atoms with Gasteiger partial charge in [-0.3, -0.25) is 4.79 Å². The number of hydrogen-bond donors (Lipinski definition) is 1. The summed E-state index contributed by atoms with van der Waals surface area (Å²) < 4.78 is 0. The van der Waals surface area contributed by atoms with Crippen molar-refractivity contribution in [2.75, 3.05) is 20.1 Å². The van der Waals surface area contributed by atoms with Crippen molar-refractivity contribution in [3.63, 3.8) is 0 Å². The molecule has 98 valence electrons. The summed E-state index contributed by atoms with van der Waals surface area (Å²) in [5.74, 6) is 0.630. The number of benzene rings is 1. The van der Waals surface area contributed by atoms with Crippen LogP contribution in [0.15, 0.2) is 24.3 Å². The maximum absolute atomic E-state index is 12.3. The van der Waals surface area contributed by atoms with Gasteiger partial charge in [-0.05, 0) is 36.6 Å². The first-order valence-corrected chi connectivity index (χ1v) is 6.67. The fraction of sp³-hybridized carbons (Fsp3) is 0.533. The van der Waals surface area contributed by atoms with Gasteiger partial charge in [-0.15, -0.1) is 0 Å². The molecule has 1 unspecified atom stereocenters. The van der Waals surface area contributed by atoms with Crippen molar-refractivity contribution in [2.24, 2.45) is 0 Å². The molecule has 2 rings (SSSR count). The third-order valence-electron chi connectivity index (χ3n) is 3.73. The Morgan fingerprint density at radius 1 is 1.33 bits per heavy atom. The lowest BCUT2D eigenvalue weighted by atomic mass is 10.0. The Bertz CT molecular complexity index is 405. The van der Waals surface area contributed by atoms with E-state index < -0.39 is 0 Å². The number of hydrogen-bond acceptors (Lipinski definition) is 2. The summed E-state index contributed by atoms with van der Waals surface area (Å²) in [6, 6.07) is 8.33. The summed E-state index contributed by atoms with van der Waals surface area (Å²) in [5.41, 5.74) is 2.06. The fourth-order valence-electron chi connectivity index (χ4n) is 2.35. The molecule has 1 aromatic carbocycles. The van der Waals surface area contributed by atoms with Crippen LogP contribution in [0.25, 0.3) is 0 Å². The van der Waals surface area contributed by atoms with Gasteiger partial charge in [0.05, 0.1) is 0 Å². The molecule has 0 aliphatic carbocycles. The number of rotatable bonds is 3. The van der Waals surface area contributed by atoms with E-state index in [9.17, 15) is 4.79 Å². The summed E-state index contributed by atoms with van der Waals surface area (Å²) in [4.78, 5) is 14.2. The van der Waals surface area contributed by atoms with Crippen molar-refractivity contribution in [3.05, 3.63) is 35.4 Å². The predicted molar refractivity (Wildman–Crippen MR) is 73.9 cm³/mol. The Morgan fingerprint density at radius 3 is 2.50 bits per heavy atom. The summed E-state index contributed by atoms with van der Waals surface area (Å²) in [7, 11) is 1.90. The quantitative estimate of drug-likeness (QED) is 0.887. The molecule has 18 heavy (non-hydrogen) atoms. The van der Waals surface area contributed by atoms with E-state index in [-0.39, 0.29) is 5.91 Å². The van der Waals surface area contributed by atoms with Crippen LogP contribution in [0.2, 0.25) is 0 Å². The summed E-state index contributed by atoms with van der Waals surface area (Å²) in [6.45, 7) is 6.24. The lowest BCUT2D eigenvalue weighted by Crippen LogP contribution is -2.38. The van der Waals surface area contributed by atoms with E-state index in [0.717, 1.165) is 25.1 Å². The van der Waals surface area contributed by atoms with Gasteiger partial charge in [-0.2, -0.15) is 0 Å². The molecule has 0 radical (unpaired) electrons. The molecule has 1 atom stereocenters. The molecule has 1 N–H and O–H groups in total. The van der Waals surface area contributed by atoms with Gasteiger partial charge >= 0.3 is 0 Å². The molecule has 1 aromatic rings. The van der Waals surface area contributed by atoms with Crippen molar-refractivity contribution in [3.8, 4) is 0 Å². The minimum atomic E-state index is 0.124. The average Bonchev–Trinajstić information content (AvgIpc) is 2.91. The van der Waals surface area contributed by atoms with Gasteiger partial charge in [0.1, 0.15) is 0 Å². The van der Waals surface area contributed by atoms with Gasteiger partial charge in [0.15, 0.2) is 0 Å². The second-order valence-electron chi connectivity index (χ2n) is 5.34. The number of likely N-dealkylation sites (N-methyl/N-ethyl adjacent to an activating group) is 1. The molecule has 1 fully saturated rings. The number of amides is 1. The van der Waals surface area contributed by atoms with Gasteiger partial charge in [-0.1, -0.05) is 26.0 Å². The van der Waals surface area contributed by atoms with E-state index in [2.05, 4.69) is 31.3 Å². The van der Waals surface area contributed by atoms with Gasteiger partial charge in [-0.25, -0.2) is 0 Å². The summed E-state index contributed by atoms with van der Waals surface area (Å²) in [6.07, 6.45) is 1.05. The summed E-state index contributed by atoms with van der Waals surface area (Å²) in [5, 5.41) is 3.29. The molecular formula is C15H22N2O. The first-order chi connectivity index (χ1) is 8.59. The highest BCUT2D eigenvalue weighted by atomic mass is 16.2. The van der Waals surface area contributed by atoms with Crippen molar-refractivity contribution < 1.29 is 4.79 Å². The maximum Gasteiger partial charge on any atom is 0.253 e. The molecule has 1 heterocycles. The van der Waals surface area contributed by atoms with E-state index in [1.54, 1.807) is 0 Å². The van der Waals surface area contributed by atoms with Crippen LogP contribution in [0.3, 0.4) is 0 Å². The third kappa shape index (κ3) is 2.72. The van der Waals surface area contributed by atoms with Crippen molar-refractivity contribution in [1.82, 2.24) is 10.2 Å². The second-order valence-corrected chi connectivity index (χ2v) is 5.34. The van der Waals surface area contributed by atoms with Crippen molar-refractivity contribution in [1.29, 1.82) is 0 Å². The molecule has 0 saturated carbocycles. The lowest BCUT2D eigenvalue weighted by molar-refractivity contribution is 0.0744. The van der Waals surface area contributed by atoms with E-state index >= 15 is 0 Å². The van der Waals surface area contributed by atoms with Crippen LogP contribution in [0.1, 0.15) is 42.1 Å². The Hall–Kier alpha value is -1.35. The van der Waals surface area contributed by atoms with Crippen LogP contribution in [0.5, 0.6) is 0 Å². The average molecular weight is 246 g/mol. The monoisotopic (exact) mass is 246 g/mol. The molecule has 1 aliphatic heterocycles. The minimum absolute atomic E-state index is 0.124. The highest BCUT2D eigenvalue weighted by molar-refractivity contribution is 5.94. The predicted octanol–water partition coefficient (Wildman–Crippen LogP) is 2.24. The van der Waals surface area contributed by atoms with Crippen molar-refractivity contribution >= 4 is 5.91 Å². The van der Waals surface area contributed by atoms with Crippen LogP contribution < -0.4 is 5.32 Å². The highest BCUT2D eigenvalue weighted by Gasteiger charge is 2.23. The van der Waals surface area contributed by atoms with Gasteiger partial charge in [0.2, 0.25) is 0 Å². The number of carbonyl (C=O) groups is 1. The Labute approximate surface area is 109 Å². The van der Waals surface area contributed by atoms with Crippen LogP contribution in [0, 0.1) is 0 Å². The second kappa shape index (κ2) is 5.53. The first-order valence-electron chi connectivity index (χ1n) is 6.67. The van der Waals surface area contributed by atoms with E-state index in [1.807, 2.05) is 24.1 Å². The molecule has 0 spiro atoms. The lowest BCUT2D eigenvalue weighted by Gasteiger charge is -2.24. The molecule has 0 aromatic heterocycles. The largest absolute Gasteiger partial charge is 0.337 e. The van der Waals surface area contributed by atoms with Crippen LogP contribution in [-0.2, 0) is 0 Å². The molecular weight excluding hydrogens is 224 g/mol. The summed E-state index contributed by atoms with van der Waals surface area (Å²) >= 11 is 0. The number of nitrogens with one attached hydrogen (secondary N) is 1.